The van der Waals surface area contributed by atoms with Crippen molar-refractivity contribution >= 4 is 38.8 Å². The lowest BCUT2D eigenvalue weighted by atomic mass is 10.3. The van der Waals surface area contributed by atoms with Crippen molar-refractivity contribution in [3.63, 3.8) is 0 Å². The lowest BCUT2D eigenvalue weighted by Crippen LogP contribution is -2.11. The highest BCUT2D eigenvalue weighted by Gasteiger charge is 2.29. The number of nitrogens with two attached hydrogens (primary N) is 1. The van der Waals surface area contributed by atoms with Gasteiger partial charge in [-0.25, -0.2) is 18.5 Å². The number of nitrogens with zero attached hydrogens (tertiary/aromatic N) is 2. The number of hydrogen-bond donors (Lipinski definition) is 1. The zero-order valence-electron chi connectivity index (χ0n) is 11.9. The van der Waals surface area contributed by atoms with Crippen molar-refractivity contribution in [2.45, 2.75) is 35.2 Å². The number of cyclic esters (lactones) is 1. The molecule has 0 amide bonds. The topological polar surface area (TPSA) is 104 Å². The van der Waals surface area contributed by atoms with Crippen molar-refractivity contribution in [1.29, 1.82) is 0 Å². The number of rotatable bonds is 4. The van der Waals surface area contributed by atoms with Crippen molar-refractivity contribution in [1.82, 2.24) is 9.55 Å². The van der Waals surface area contributed by atoms with Gasteiger partial charge in [-0.2, -0.15) is 0 Å². The van der Waals surface area contributed by atoms with E-state index in [2.05, 4.69) is 4.98 Å². The van der Waals surface area contributed by atoms with Gasteiger partial charge < -0.3 is 9.30 Å². The Morgan fingerprint density at radius 3 is 2.86 bits per heavy atom. The maximum atomic E-state index is 11.6. The Bertz CT molecular complexity index is 844. The first kappa shape index (κ1) is 15.3. The Labute approximate surface area is 131 Å². The Balaban J connectivity index is 2.04. The van der Waals surface area contributed by atoms with Crippen LogP contribution in [-0.4, -0.2) is 35.8 Å². The fourth-order valence-electron chi connectivity index (χ4n) is 2.37. The molecule has 1 fully saturated rings. The number of thioether (sulfide) groups is 1. The largest absolute Gasteiger partial charge is 0.465 e. The summed E-state index contributed by atoms with van der Waals surface area (Å²) >= 11 is 1.35. The summed E-state index contributed by atoms with van der Waals surface area (Å²) in [5.41, 5.74) is 1.35. The zero-order valence-corrected chi connectivity index (χ0v) is 13.5. The van der Waals surface area contributed by atoms with Crippen molar-refractivity contribution in [2.24, 2.45) is 5.14 Å². The van der Waals surface area contributed by atoms with E-state index in [4.69, 9.17) is 9.88 Å². The lowest BCUT2D eigenvalue weighted by molar-refractivity contribution is -0.137. The highest BCUT2D eigenvalue weighted by atomic mass is 32.2. The van der Waals surface area contributed by atoms with Crippen molar-refractivity contribution < 1.29 is 17.9 Å². The number of sulfonamides is 1. The molecule has 1 atom stereocenters. The number of fused-ring (bicyclic) bond motifs is 1. The molecule has 0 bridgehead atoms. The fourth-order valence-corrected chi connectivity index (χ4v) is 4.04. The number of imidazole rings is 1. The molecule has 9 heteroatoms. The van der Waals surface area contributed by atoms with Crippen LogP contribution in [0, 0.1) is 0 Å². The molecule has 2 aromatic rings. The van der Waals surface area contributed by atoms with Gasteiger partial charge in [0.1, 0.15) is 5.25 Å². The number of aryl methyl sites for hydroxylation is 1. The number of hydrogen-bond acceptors (Lipinski definition) is 6. The Hall–Kier alpha value is -1.58. The monoisotopic (exact) mass is 341 g/mol. The van der Waals surface area contributed by atoms with Gasteiger partial charge in [0.05, 0.1) is 22.5 Å². The molecule has 22 heavy (non-hydrogen) atoms. The van der Waals surface area contributed by atoms with Crippen LogP contribution < -0.4 is 5.14 Å². The first-order chi connectivity index (χ1) is 10.4. The molecule has 0 spiro atoms. The molecule has 1 aromatic heterocycles. The average molecular weight is 341 g/mol. The van der Waals surface area contributed by atoms with Crippen molar-refractivity contribution in [2.75, 3.05) is 6.61 Å². The van der Waals surface area contributed by atoms with E-state index >= 15 is 0 Å². The molecule has 2 N–H and O–H groups in total. The second-order valence-electron chi connectivity index (χ2n) is 4.90. The summed E-state index contributed by atoms with van der Waals surface area (Å²) < 4.78 is 29.8. The summed E-state index contributed by atoms with van der Waals surface area (Å²) in [6, 6.07) is 4.60. The van der Waals surface area contributed by atoms with Crippen LogP contribution >= 0.6 is 11.8 Å². The van der Waals surface area contributed by atoms with E-state index in [0.717, 1.165) is 5.52 Å². The minimum absolute atomic E-state index is 0.0255. The minimum Gasteiger partial charge on any atom is -0.465 e. The summed E-state index contributed by atoms with van der Waals surface area (Å²) in [7, 11) is -3.77. The van der Waals surface area contributed by atoms with Gasteiger partial charge in [-0.1, -0.05) is 11.8 Å². The third kappa shape index (κ3) is 2.71. The normalized spacial score (nSPS) is 18.8. The molecule has 3 rings (SSSR count). The quantitative estimate of drug-likeness (QED) is 0.835. The molecule has 0 unspecified atom stereocenters. The van der Waals surface area contributed by atoms with Gasteiger partial charge in [-0.3, -0.25) is 4.79 Å². The molecule has 1 aromatic carbocycles. The Kier molecular flexibility index (Phi) is 3.87. The first-order valence-electron chi connectivity index (χ1n) is 6.76. The predicted octanol–water partition coefficient (Wildman–Crippen LogP) is 1.11. The van der Waals surface area contributed by atoms with Gasteiger partial charge in [-0.05, 0) is 25.1 Å². The SMILES string of the molecule is CCn1c(S[C@H]2CCOC2=O)nc2cc(S(N)(=O)=O)ccc21. The first-order valence-corrected chi connectivity index (χ1v) is 9.19. The van der Waals surface area contributed by atoms with Gasteiger partial charge in [0.25, 0.3) is 0 Å². The van der Waals surface area contributed by atoms with E-state index in [1.165, 1.54) is 23.9 Å². The van der Waals surface area contributed by atoms with Crippen LogP contribution in [0.4, 0.5) is 0 Å². The van der Waals surface area contributed by atoms with Crippen LogP contribution in [-0.2, 0) is 26.1 Å². The number of carbonyl (C=O) groups is 1. The molecule has 1 aliphatic rings. The van der Waals surface area contributed by atoms with E-state index in [1.807, 2.05) is 11.5 Å². The van der Waals surface area contributed by atoms with Crippen molar-refractivity contribution in [3.8, 4) is 0 Å². The van der Waals surface area contributed by atoms with Gasteiger partial charge >= 0.3 is 5.97 Å². The summed E-state index contributed by atoms with van der Waals surface area (Å²) in [5, 5.41) is 5.56. The number of primary sulfonamides is 1. The molecular formula is C13H15N3O4S2. The second kappa shape index (κ2) is 5.56. The second-order valence-corrected chi connectivity index (χ2v) is 7.63. The maximum Gasteiger partial charge on any atom is 0.319 e. The minimum atomic E-state index is -3.77. The average Bonchev–Trinajstić information content (AvgIpc) is 3.01. The Morgan fingerprint density at radius 2 is 2.27 bits per heavy atom. The maximum absolute atomic E-state index is 11.6. The molecule has 0 radical (unpaired) electrons. The number of ether oxygens (including phenoxy) is 1. The molecule has 1 aliphatic heterocycles. The molecule has 0 aliphatic carbocycles. The van der Waals surface area contributed by atoms with E-state index in [9.17, 15) is 13.2 Å². The molecule has 118 valence electrons. The molecule has 2 heterocycles. The summed E-state index contributed by atoms with van der Waals surface area (Å²) in [5.74, 6) is -0.232. The van der Waals surface area contributed by atoms with Crippen LogP contribution in [0.3, 0.4) is 0 Å². The summed E-state index contributed by atoms with van der Waals surface area (Å²) in [6.45, 7) is 3.06. The zero-order chi connectivity index (χ0) is 15.9. The van der Waals surface area contributed by atoms with Gasteiger partial charge in [0.15, 0.2) is 5.16 Å². The number of benzene rings is 1. The molecule has 7 nitrogen and oxygen atoms in total. The predicted molar refractivity (Wildman–Crippen MR) is 82.0 cm³/mol. The number of aromatic nitrogens is 2. The Morgan fingerprint density at radius 1 is 1.50 bits per heavy atom. The standard InChI is InChI=1S/C13H15N3O4S2/c1-2-16-10-4-3-8(22(14,18)19)7-9(10)15-13(16)21-11-5-6-20-12(11)17/h3-4,7,11H,2,5-6H2,1H3,(H2,14,18,19)/t11-/m0/s1. The van der Waals surface area contributed by atoms with Crippen LogP contribution in [0.25, 0.3) is 11.0 Å². The smallest absolute Gasteiger partial charge is 0.319 e. The van der Waals surface area contributed by atoms with Crippen LogP contribution in [0.15, 0.2) is 28.3 Å². The number of esters is 1. The molecular weight excluding hydrogens is 326 g/mol. The van der Waals surface area contributed by atoms with Gasteiger partial charge in [0, 0.05) is 13.0 Å². The van der Waals surface area contributed by atoms with Crippen molar-refractivity contribution in [3.05, 3.63) is 18.2 Å². The molecule has 0 saturated carbocycles. The van der Waals surface area contributed by atoms with Crippen LogP contribution in [0.1, 0.15) is 13.3 Å². The summed E-state index contributed by atoms with van der Waals surface area (Å²) in [4.78, 5) is 16.1. The van der Waals surface area contributed by atoms with E-state index in [-0.39, 0.29) is 16.1 Å². The van der Waals surface area contributed by atoms with E-state index in [1.54, 1.807) is 6.07 Å². The van der Waals surface area contributed by atoms with Gasteiger partial charge in [0.2, 0.25) is 10.0 Å². The van der Waals surface area contributed by atoms with E-state index < -0.39 is 10.0 Å². The highest BCUT2D eigenvalue weighted by molar-refractivity contribution is 8.00. The number of carbonyl (C=O) groups excluding carboxylic acids is 1. The van der Waals surface area contributed by atoms with Gasteiger partial charge in [-0.15, -0.1) is 0 Å². The van der Waals surface area contributed by atoms with Crippen LogP contribution in [0.2, 0.25) is 0 Å². The van der Waals surface area contributed by atoms with Crippen LogP contribution in [0.5, 0.6) is 0 Å². The lowest BCUT2D eigenvalue weighted by Gasteiger charge is -2.07. The highest BCUT2D eigenvalue weighted by Crippen LogP contribution is 2.32. The third-order valence-electron chi connectivity index (χ3n) is 3.46. The molecule has 1 saturated heterocycles. The van der Waals surface area contributed by atoms with E-state index in [0.29, 0.717) is 30.2 Å². The summed E-state index contributed by atoms with van der Waals surface area (Å²) in [6.07, 6.45) is 0.652. The third-order valence-corrected chi connectivity index (χ3v) is 5.61. The fraction of sp³-hybridized carbons (Fsp3) is 0.385.